The summed E-state index contributed by atoms with van der Waals surface area (Å²) in [5.41, 5.74) is 22.0. The van der Waals surface area contributed by atoms with Crippen LogP contribution in [0.3, 0.4) is 0 Å². The number of hydrogen-bond acceptors (Lipinski definition) is 2. The van der Waals surface area contributed by atoms with Gasteiger partial charge in [-0.2, -0.15) is 0 Å². The lowest BCUT2D eigenvalue weighted by molar-refractivity contribution is 0.660. The van der Waals surface area contributed by atoms with Crippen LogP contribution >= 0.6 is 0 Å². The quantitative estimate of drug-likeness (QED) is 0.165. The van der Waals surface area contributed by atoms with E-state index in [9.17, 15) is 0 Å². The third kappa shape index (κ3) is 5.02. The van der Waals surface area contributed by atoms with Gasteiger partial charge in [-0.25, -0.2) is 0 Å². The molecule has 13 rings (SSSR count). The highest BCUT2D eigenvalue weighted by molar-refractivity contribution is 6.12. The van der Waals surface area contributed by atoms with E-state index in [4.69, 9.17) is 0 Å². The molecule has 302 valence electrons. The van der Waals surface area contributed by atoms with Gasteiger partial charge in [0.2, 0.25) is 0 Å². The molecule has 2 heteroatoms. The zero-order valence-corrected chi connectivity index (χ0v) is 35.8. The van der Waals surface area contributed by atoms with Crippen LogP contribution in [0.5, 0.6) is 0 Å². The predicted molar refractivity (Wildman–Crippen MR) is 267 cm³/mol. The molecule has 1 unspecified atom stereocenters. The fourth-order valence-corrected chi connectivity index (χ4v) is 11.7. The molecule has 0 heterocycles. The van der Waals surface area contributed by atoms with E-state index in [1.165, 1.54) is 83.2 Å². The van der Waals surface area contributed by atoms with E-state index < -0.39 is 5.41 Å². The van der Waals surface area contributed by atoms with Crippen molar-refractivity contribution in [3.8, 4) is 33.4 Å². The van der Waals surface area contributed by atoms with Crippen LogP contribution in [-0.2, 0) is 10.8 Å². The average molecular weight is 817 g/mol. The Balaban J connectivity index is 1.07. The highest BCUT2D eigenvalue weighted by Gasteiger charge is 2.53. The molecule has 0 N–H and O–H groups in total. The summed E-state index contributed by atoms with van der Waals surface area (Å²) >= 11 is 0. The Bertz CT molecular complexity index is 3440. The van der Waals surface area contributed by atoms with E-state index in [2.05, 4.69) is 254 Å². The van der Waals surface area contributed by atoms with Crippen LogP contribution in [0.25, 0.3) is 44.2 Å². The summed E-state index contributed by atoms with van der Waals surface area (Å²) in [6.45, 7) is 4.73. The normalized spacial score (nSPS) is 15.5. The molecule has 0 aromatic heterocycles. The van der Waals surface area contributed by atoms with E-state index in [1.807, 2.05) is 0 Å². The maximum atomic E-state index is 2.50. The van der Waals surface area contributed by atoms with Gasteiger partial charge in [0.1, 0.15) is 0 Å². The lowest BCUT2D eigenvalue weighted by Crippen LogP contribution is -2.26. The summed E-state index contributed by atoms with van der Waals surface area (Å²) < 4.78 is 0. The Kier molecular flexibility index (Phi) is 7.90. The molecule has 10 aromatic rings. The zero-order valence-electron chi connectivity index (χ0n) is 35.8. The molecule has 10 aromatic carbocycles. The van der Waals surface area contributed by atoms with Crippen molar-refractivity contribution in [2.45, 2.75) is 24.7 Å². The average Bonchev–Trinajstić information content (AvgIpc) is 3.90. The van der Waals surface area contributed by atoms with Gasteiger partial charge in [0.15, 0.2) is 0 Å². The van der Waals surface area contributed by atoms with Crippen molar-refractivity contribution in [1.29, 1.82) is 0 Å². The number of nitrogens with zero attached hydrogens (tertiary/aromatic N) is 2. The highest BCUT2D eigenvalue weighted by atomic mass is 15.2. The Labute approximate surface area is 375 Å². The first-order valence-corrected chi connectivity index (χ1v) is 22.4. The molecule has 1 atom stereocenters. The van der Waals surface area contributed by atoms with Gasteiger partial charge in [0.05, 0.1) is 11.1 Å². The monoisotopic (exact) mass is 816 g/mol. The van der Waals surface area contributed by atoms with Gasteiger partial charge in [-0.1, -0.05) is 178 Å². The summed E-state index contributed by atoms with van der Waals surface area (Å²) in [7, 11) is 0. The van der Waals surface area contributed by atoms with Gasteiger partial charge >= 0.3 is 0 Å². The van der Waals surface area contributed by atoms with Gasteiger partial charge < -0.3 is 9.80 Å². The summed E-state index contributed by atoms with van der Waals surface area (Å²) in [5, 5.41) is 2.45. The van der Waals surface area contributed by atoms with Crippen molar-refractivity contribution in [2.24, 2.45) is 0 Å². The minimum Gasteiger partial charge on any atom is -0.310 e. The number of fused-ring (bicyclic) bond motifs is 14. The van der Waals surface area contributed by atoms with Gasteiger partial charge in [-0.15, -0.1) is 0 Å². The second-order valence-corrected chi connectivity index (χ2v) is 18.0. The Hall–Kier alpha value is -7.94. The summed E-state index contributed by atoms with van der Waals surface area (Å²) in [6, 6.07) is 85.7. The number of hydrogen-bond donors (Lipinski definition) is 0. The molecular formula is C62H44N2. The summed E-state index contributed by atoms with van der Waals surface area (Å²) in [6.07, 6.45) is 0. The second-order valence-electron chi connectivity index (χ2n) is 18.0. The van der Waals surface area contributed by atoms with Crippen molar-refractivity contribution in [1.82, 2.24) is 0 Å². The Morgan fingerprint density at radius 2 is 0.766 bits per heavy atom. The molecule has 3 aliphatic carbocycles. The van der Waals surface area contributed by atoms with E-state index in [0.29, 0.717) is 0 Å². The van der Waals surface area contributed by atoms with Crippen LogP contribution in [0.1, 0.15) is 47.2 Å². The molecule has 2 nitrogen and oxygen atoms in total. The van der Waals surface area contributed by atoms with Crippen LogP contribution in [-0.4, -0.2) is 0 Å². The van der Waals surface area contributed by atoms with Crippen molar-refractivity contribution in [2.75, 3.05) is 9.80 Å². The Morgan fingerprint density at radius 3 is 1.44 bits per heavy atom. The number of para-hydroxylation sites is 3. The molecule has 0 amide bonds. The highest BCUT2D eigenvalue weighted by Crippen LogP contribution is 2.66. The van der Waals surface area contributed by atoms with Crippen LogP contribution in [0.4, 0.5) is 34.1 Å². The first kappa shape index (κ1) is 36.7. The first-order chi connectivity index (χ1) is 31.5. The minimum atomic E-state index is -0.546. The van der Waals surface area contributed by atoms with Crippen LogP contribution in [0.15, 0.2) is 231 Å². The van der Waals surface area contributed by atoms with Crippen LogP contribution in [0, 0.1) is 0 Å². The summed E-state index contributed by atoms with van der Waals surface area (Å²) in [4.78, 5) is 4.93. The molecule has 0 radical (unpaired) electrons. The maximum absolute atomic E-state index is 2.50. The number of benzene rings is 10. The van der Waals surface area contributed by atoms with Crippen LogP contribution in [0.2, 0.25) is 0 Å². The molecule has 64 heavy (non-hydrogen) atoms. The number of rotatable bonds is 6. The molecule has 0 aliphatic heterocycles. The predicted octanol–water partition coefficient (Wildman–Crippen LogP) is 16.4. The Morgan fingerprint density at radius 1 is 0.297 bits per heavy atom. The van der Waals surface area contributed by atoms with E-state index in [0.717, 1.165) is 28.4 Å². The smallest absolute Gasteiger partial charge is 0.0726 e. The van der Waals surface area contributed by atoms with Crippen molar-refractivity contribution < 1.29 is 0 Å². The molecule has 1 spiro atoms. The molecule has 0 fully saturated rings. The third-order valence-corrected chi connectivity index (χ3v) is 14.4. The maximum Gasteiger partial charge on any atom is 0.0726 e. The van der Waals surface area contributed by atoms with Crippen molar-refractivity contribution in [3.63, 3.8) is 0 Å². The SMILES string of the molecule is CC1(C)c2ccccc2-c2ccc(N(c3ccccc3)c3ccc4c(c3)-c3ccccc3C43c4ccccc4-c4c3cc3ccccc3c4N(c3ccccc3)c3ccccc3)cc21. The van der Waals surface area contributed by atoms with Crippen molar-refractivity contribution in [3.05, 3.63) is 264 Å². The van der Waals surface area contributed by atoms with Crippen molar-refractivity contribution >= 4 is 44.9 Å². The van der Waals surface area contributed by atoms with Gasteiger partial charge in [-0.05, 0) is 133 Å². The second kappa shape index (κ2) is 13.8. The first-order valence-electron chi connectivity index (χ1n) is 22.4. The molecule has 0 saturated carbocycles. The zero-order chi connectivity index (χ0) is 42.6. The van der Waals surface area contributed by atoms with Gasteiger partial charge in [0, 0.05) is 44.8 Å². The molecule has 3 aliphatic rings. The van der Waals surface area contributed by atoms with Gasteiger partial charge in [-0.3, -0.25) is 0 Å². The van der Waals surface area contributed by atoms with E-state index in [1.54, 1.807) is 0 Å². The molecular weight excluding hydrogens is 773 g/mol. The third-order valence-electron chi connectivity index (χ3n) is 14.4. The fourth-order valence-electron chi connectivity index (χ4n) is 11.7. The van der Waals surface area contributed by atoms with E-state index >= 15 is 0 Å². The fraction of sp³-hybridized carbons (Fsp3) is 0.0645. The van der Waals surface area contributed by atoms with Crippen LogP contribution < -0.4 is 9.80 Å². The van der Waals surface area contributed by atoms with Gasteiger partial charge in [0.25, 0.3) is 0 Å². The molecule has 0 bridgehead atoms. The number of anilines is 6. The lowest BCUT2D eigenvalue weighted by atomic mass is 9.70. The standard InChI is InChI=1S/C62H44N2/c1-61(2)53-31-17-14-28-48(53)50-36-34-46(40-57(50)61)63(42-21-6-3-7-22-42)45-35-37-56-52(39-45)49-29-15-18-32-54(49)62(56)55-33-19-16-30-51(55)59-58(62)38-41-20-12-13-27-47(41)60(59)64(43-23-8-4-9-24-43)44-25-10-5-11-26-44/h3-40H,1-2H3. The summed E-state index contributed by atoms with van der Waals surface area (Å²) in [5.74, 6) is 0. The largest absolute Gasteiger partial charge is 0.310 e. The lowest BCUT2D eigenvalue weighted by Gasteiger charge is -2.33. The molecule has 0 saturated heterocycles. The topological polar surface area (TPSA) is 6.48 Å². The minimum absolute atomic E-state index is 0.115. The van der Waals surface area contributed by atoms with E-state index in [-0.39, 0.29) is 5.41 Å².